The van der Waals surface area contributed by atoms with Crippen LogP contribution in [0, 0.1) is 37.5 Å². The van der Waals surface area contributed by atoms with Gasteiger partial charge in [0.15, 0.2) is 5.60 Å². The van der Waals surface area contributed by atoms with Gasteiger partial charge in [-0.25, -0.2) is 19.7 Å². The third-order valence-corrected chi connectivity index (χ3v) is 14.0. The summed E-state index contributed by atoms with van der Waals surface area (Å²) < 4.78 is 11.6. The van der Waals surface area contributed by atoms with Crippen LogP contribution >= 0.6 is 0 Å². The van der Waals surface area contributed by atoms with Crippen molar-refractivity contribution in [3.05, 3.63) is 94.6 Å². The first-order valence-corrected chi connectivity index (χ1v) is 21.5. The molecule has 14 heteroatoms. The van der Waals surface area contributed by atoms with E-state index in [0.29, 0.717) is 52.4 Å². The van der Waals surface area contributed by atoms with Crippen LogP contribution in [0.1, 0.15) is 118 Å². The first-order chi connectivity index (χ1) is 29.5. The first-order valence-electron chi connectivity index (χ1n) is 21.5. The molecule has 0 aromatic carbocycles. The van der Waals surface area contributed by atoms with Gasteiger partial charge < -0.3 is 29.7 Å². The van der Waals surface area contributed by atoms with Crippen LogP contribution in [0.5, 0.6) is 0 Å². The summed E-state index contributed by atoms with van der Waals surface area (Å²) in [5.41, 5.74) is 12.0. The molecule has 13 nitrogen and oxygen atoms in total. The maximum absolute atomic E-state index is 12.1. The van der Waals surface area contributed by atoms with E-state index < -0.39 is 29.6 Å². The van der Waals surface area contributed by atoms with Crippen molar-refractivity contribution in [1.82, 2.24) is 19.9 Å². The van der Waals surface area contributed by atoms with Gasteiger partial charge in [0.25, 0.3) is 0 Å². The molecular formula is C49H54FeN4O9+. The number of rotatable bonds is 8. The average Bonchev–Trinajstić information content (AvgIpc) is 3.82. The number of carboxylic acid groups (broad SMARTS) is 2. The molecule has 9 heterocycles. The molecule has 331 valence electrons. The molecule has 10 bridgehead atoms. The van der Waals surface area contributed by atoms with Crippen molar-refractivity contribution in [3.63, 3.8) is 0 Å². The Kier molecular flexibility index (Phi) is 12.7. The maximum atomic E-state index is 12.1. The number of allylic oxidation sites excluding steroid dienone is 6. The molecule has 3 aromatic heterocycles. The van der Waals surface area contributed by atoms with Crippen LogP contribution in [-0.2, 0) is 63.5 Å². The zero-order chi connectivity index (χ0) is 44.4. The summed E-state index contributed by atoms with van der Waals surface area (Å²) in [7, 11) is 0. The summed E-state index contributed by atoms with van der Waals surface area (Å²) in [6.45, 7) is 21.9. The largest absolute Gasteiger partial charge is 3.00 e. The molecule has 5 fully saturated rings. The fraction of sp³-hybridized carbons (Fsp3) is 0.449. The molecule has 1 unspecified atom stereocenters. The predicted octanol–water partition coefficient (Wildman–Crippen LogP) is 8.85. The molecule has 1 spiro atoms. The van der Waals surface area contributed by atoms with Gasteiger partial charge in [-0.15, -0.1) is 22.1 Å². The summed E-state index contributed by atoms with van der Waals surface area (Å²) in [4.78, 5) is 66.4. The third kappa shape index (κ3) is 8.05. The van der Waals surface area contributed by atoms with E-state index in [0.717, 1.165) is 87.3 Å². The second-order valence-corrected chi connectivity index (χ2v) is 17.7. The molecule has 2 N–H and O–H groups in total. The van der Waals surface area contributed by atoms with Crippen LogP contribution < -0.4 is 9.97 Å². The van der Waals surface area contributed by atoms with Gasteiger partial charge in [0.2, 0.25) is 12.1 Å². The Morgan fingerprint density at radius 3 is 1.83 bits per heavy atom. The van der Waals surface area contributed by atoms with Gasteiger partial charge in [-0.2, -0.15) is 0 Å². The molecule has 1 saturated carbocycles. The van der Waals surface area contributed by atoms with Gasteiger partial charge in [0.05, 0.1) is 28.7 Å². The number of fused-ring (bicyclic) bond motifs is 10. The summed E-state index contributed by atoms with van der Waals surface area (Å²) in [5.74, 6) is -1.93. The number of ether oxygens (including phenoxy) is 2. The molecule has 63 heavy (non-hydrogen) atoms. The van der Waals surface area contributed by atoms with E-state index in [4.69, 9.17) is 39.2 Å². The summed E-state index contributed by atoms with van der Waals surface area (Å²) >= 11 is 0. The van der Waals surface area contributed by atoms with Crippen molar-refractivity contribution in [1.29, 1.82) is 0 Å². The first kappa shape index (κ1) is 45.9. The van der Waals surface area contributed by atoms with E-state index in [2.05, 4.69) is 20.1 Å². The number of aliphatic carboxylic acids is 2. The number of aromatic nitrogens is 4. The van der Waals surface area contributed by atoms with Crippen molar-refractivity contribution >= 4 is 62.3 Å². The van der Waals surface area contributed by atoms with Crippen LogP contribution in [0.15, 0.2) is 49.6 Å². The fourth-order valence-corrected chi connectivity index (χ4v) is 10.4. The van der Waals surface area contributed by atoms with Gasteiger partial charge in [0, 0.05) is 42.2 Å². The number of carbonyl (C=O) groups excluding carboxylic acids is 1. The molecular weight excluding hydrogens is 844 g/mol. The summed E-state index contributed by atoms with van der Waals surface area (Å²) in [6.07, 6.45) is 7.30. The molecule has 1 aliphatic carbocycles. The molecule has 10 rings (SSSR count). The van der Waals surface area contributed by atoms with Crippen LogP contribution in [0.25, 0.3) is 44.4 Å². The number of nitrogens with zero attached hydrogens (tertiary/aromatic N) is 4. The second kappa shape index (κ2) is 17.5. The minimum atomic E-state index is -0.898. The predicted molar refractivity (Wildman–Crippen MR) is 234 cm³/mol. The van der Waals surface area contributed by atoms with Crippen LogP contribution in [0.2, 0.25) is 0 Å². The summed E-state index contributed by atoms with van der Waals surface area (Å²) in [5, 5.41) is 18.9. The average molecular weight is 899 g/mol. The van der Waals surface area contributed by atoms with Gasteiger partial charge in [-0.1, -0.05) is 79.6 Å². The van der Waals surface area contributed by atoms with E-state index in [1.807, 2.05) is 65.8 Å². The van der Waals surface area contributed by atoms with E-state index in [9.17, 15) is 24.6 Å². The molecule has 3 aromatic rings. The smallest absolute Gasteiger partial charge is 0.657 e. The van der Waals surface area contributed by atoms with E-state index in [-0.39, 0.29) is 47.7 Å². The van der Waals surface area contributed by atoms with E-state index >= 15 is 0 Å². The number of aryl methyl sites for hydroxylation is 4. The Bertz CT molecular complexity index is 2660. The fourth-order valence-electron chi connectivity index (χ4n) is 10.4. The normalized spacial score (nSPS) is 27.0. The number of hydrogen-bond acceptors (Lipinski definition) is 9. The number of esters is 1. The van der Waals surface area contributed by atoms with Crippen molar-refractivity contribution in [2.45, 2.75) is 118 Å². The van der Waals surface area contributed by atoms with Gasteiger partial charge in [-0.3, -0.25) is 14.4 Å². The Morgan fingerprint density at radius 2 is 1.29 bits per heavy atom. The van der Waals surface area contributed by atoms with Crippen LogP contribution in [-0.4, -0.2) is 55.8 Å². The van der Waals surface area contributed by atoms with E-state index in [1.165, 1.54) is 0 Å². The Hall–Kier alpha value is -5.11. The molecule has 0 amide bonds. The monoisotopic (exact) mass is 898 g/mol. The Morgan fingerprint density at radius 1 is 0.762 bits per heavy atom. The van der Waals surface area contributed by atoms with Crippen molar-refractivity contribution in [2.24, 2.45) is 23.7 Å². The molecule has 1 radical (unpaired) electrons. The van der Waals surface area contributed by atoms with Crippen molar-refractivity contribution < 1.29 is 60.9 Å². The molecule has 7 aliphatic rings. The van der Waals surface area contributed by atoms with Crippen molar-refractivity contribution in [3.8, 4) is 0 Å². The number of carboxylic acids is 2. The Labute approximate surface area is 377 Å². The minimum absolute atomic E-state index is 0. The van der Waals surface area contributed by atoms with Gasteiger partial charge >= 0.3 is 35.0 Å². The number of carbonyl (C=O) groups is 3. The zero-order valence-corrected chi connectivity index (χ0v) is 37.9. The quantitative estimate of drug-likeness (QED) is 0.124. The van der Waals surface area contributed by atoms with Crippen LogP contribution in [0.3, 0.4) is 0 Å². The molecule has 4 saturated heterocycles. The molecule has 6 aliphatic heterocycles. The molecule has 7 atom stereocenters. The Balaban J connectivity index is 0.000000235. The van der Waals surface area contributed by atoms with E-state index in [1.54, 1.807) is 12.2 Å². The SMILES string of the molecule is C=CC1=C(C)c2cc3[n-]c(cc4[n-]c(cc5nc(cc1n2)C(C)=C5C=C)c(C)c4CCC(=O)O)c(CCC(=O)O)c3C.C[C@@H]1CC[C@H]2[C@@H](C)C(=O)O[C@@H]3OC4(C)CC[C@@H]1[C@]32OO4.[Fe+3]. The zero-order valence-electron chi connectivity index (χ0n) is 36.8. The van der Waals surface area contributed by atoms with Crippen molar-refractivity contribution in [2.75, 3.05) is 0 Å². The van der Waals surface area contributed by atoms with Gasteiger partial charge in [0.1, 0.15) is 0 Å². The third-order valence-electron chi connectivity index (χ3n) is 14.0. The van der Waals surface area contributed by atoms with Gasteiger partial charge in [-0.05, 0) is 89.9 Å². The number of hydrogen-bond donors (Lipinski definition) is 2. The maximum Gasteiger partial charge on any atom is 3.00 e. The standard InChI is InChI=1S/C34H34N4O4.C15H22O5.Fe/c1-7-21-17(3)25-13-26-19(5)23(9-11-33(39)40)31(37-26)16-32-24(10-12-34(41)42)20(6)28(38-32)15-30-22(8-2)18(4)27(36-30)14-29(21)35-25;1-8-4-5-11-9(2)12(16)17-13-15(11)10(8)6-7-14(3,18-13)19-20-15;/h7-8,13-16H,1-2,9-12H2,3-6H3,(H4,35,36,37,38,39,40,41,42);8-11,13H,4-7H2,1-3H3;/q;;+3/p-2/t;8-,9-,10+,11+,13-,14?,15-;/m.1./s1. The topological polar surface area (TPSA) is 183 Å². The summed E-state index contributed by atoms with van der Waals surface area (Å²) in [6, 6.07) is 7.62. The van der Waals surface area contributed by atoms with Crippen LogP contribution in [0.4, 0.5) is 0 Å². The second-order valence-electron chi connectivity index (χ2n) is 17.7. The minimum Gasteiger partial charge on any atom is -0.657 e.